The molecule has 1 N–H and O–H groups in total. The molecule has 1 aromatic rings. The van der Waals surface area contributed by atoms with Crippen molar-refractivity contribution in [2.24, 2.45) is 5.92 Å². The molecule has 0 radical (unpaired) electrons. The highest BCUT2D eigenvalue weighted by Crippen LogP contribution is 2.17. The summed E-state index contributed by atoms with van der Waals surface area (Å²) < 4.78 is 0. The van der Waals surface area contributed by atoms with Gasteiger partial charge in [0, 0.05) is 12.6 Å². The molecule has 1 aromatic carbocycles. The van der Waals surface area contributed by atoms with Crippen molar-refractivity contribution in [3.63, 3.8) is 0 Å². The average molecular weight is 246 g/mol. The molecule has 2 unspecified atom stereocenters. The molecule has 1 aliphatic heterocycles. The molecule has 1 saturated heterocycles. The van der Waals surface area contributed by atoms with Crippen LogP contribution >= 0.6 is 0 Å². The van der Waals surface area contributed by atoms with E-state index in [0.717, 1.165) is 12.5 Å². The van der Waals surface area contributed by atoms with Crippen molar-refractivity contribution in [2.75, 3.05) is 26.7 Å². The normalized spacial score (nSPS) is 22.9. The Bertz CT molecular complexity index is 375. The predicted octanol–water partition coefficient (Wildman–Crippen LogP) is 2.99. The Labute approximate surface area is 111 Å². The van der Waals surface area contributed by atoms with E-state index in [0.29, 0.717) is 6.04 Å². The molecule has 1 fully saturated rings. The maximum atomic E-state index is 3.69. The fourth-order valence-corrected chi connectivity index (χ4v) is 2.84. The van der Waals surface area contributed by atoms with Crippen LogP contribution in [0.15, 0.2) is 24.3 Å². The number of aryl methyl sites for hydroxylation is 1. The first-order valence-electron chi connectivity index (χ1n) is 7.13. The fraction of sp³-hybridized carbons (Fsp3) is 0.625. The summed E-state index contributed by atoms with van der Waals surface area (Å²) >= 11 is 0. The third-order valence-electron chi connectivity index (χ3n) is 3.98. The van der Waals surface area contributed by atoms with E-state index in [1.54, 1.807) is 0 Å². The van der Waals surface area contributed by atoms with Gasteiger partial charge in [0.25, 0.3) is 0 Å². The van der Waals surface area contributed by atoms with Gasteiger partial charge in [-0.25, -0.2) is 0 Å². The van der Waals surface area contributed by atoms with Gasteiger partial charge >= 0.3 is 0 Å². The van der Waals surface area contributed by atoms with Gasteiger partial charge in [0.1, 0.15) is 0 Å². The van der Waals surface area contributed by atoms with Crippen LogP contribution in [0.5, 0.6) is 0 Å². The second-order valence-electron chi connectivity index (χ2n) is 5.81. The van der Waals surface area contributed by atoms with Crippen molar-refractivity contribution in [1.82, 2.24) is 10.2 Å². The molecular formula is C16H26N2. The summed E-state index contributed by atoms with van der Waals surface area (Å²) in [5.41, 5.74) is 2.75. The van der Waals surface area contributed by atoms with E-state index in [-0.39, 0.29) is 0 Å². The average Bonchev–Trinajstić information content (AvgIpc) is 2.36. The Kier molecular flexibility index (Phi) is 4.79. The lowest BCUT2D eigenvalue weighted by atomic mass is 9.97. The fourth-order valence-electron chi connectivity index (χ4n) is 2.84. The van der Waals surface area contributed by atoms with E-state index in [4.69, 9.17) is 0 Å². The predicted molar refractivity (Wildman–Crippen MR) is 77.8 cm³/mol. The molecular weight excluding hydrogens is 220 g/mol. The van der Waals surface area contributed by atoms with Crippen LogP contribution in [0.1, 0.15) is 36.9 Å². The Balaban J connectivity index is 1.82. The van der Waals surface area contributed by atoms with Crippen LogP contribution < -0.4 is 5.32 Å². The van der Waals surface area contributed by atoms with Crippen molar-refractivity contribution >= 4 is 0 Å². The first-order valence-corrected chi connectivity index (χ1v) is 7.13. The SMILES string of the molecule is Cc1cccc(C(C)NCC2CCCN(C)C2)c1. The second kappa shape index (κ2) is 6.35. The van der Waals surface area contributed by atoms with Gasteiger partial charge in [-0.2, -0.15) is 0 Å². The zero-order chi connectivity index (χ0) is 13.0. The Morgan fingerprint density at radius 1 is 1.44 bits per heavy atom. The van der Waals surface area contributed by atoms with Gasteiger partial charge < -0.3 is 10.2 Å². The summed E-state index contributed by atoms with van der Waals surface area (Å²) in [6.07, 6.45) is 2.72. The molecule has 0 saturated carbocycles. The number of piperidine rings is 1. The second-order valence-corrected chi connectivity index (χ2v) is 5.81. The molecule has 18 heavy (non-hydrogen) atoms. The van der Waals surface area contributed by atoms with Crippen molar-refractivity contribution in [1.29, 1.82) is 0 Å². The summed E-state index contributed by atoms with van der Waals surface area (Å²) in [7, 11) is 2.23. The van der Waals surface area contributed by atoms with Gasteiger partial charge in [-0.3, -0.25) is 0 Å². The topological polar surface area (TPSA) is 15.3 Å². The largest absolute Gasteiger partial charge is 0.310 e. The number of hydrogen-bond donors (Lipinski definition) is 1. The molecule has 100 valence electrons. The molecule has 1 heterocycles. The maximum absolute atomic E-state index is 3.69. The summed E-state index contributed by atoms with van der Waals surface area (Å²) in [6, 6.07) is 9.27. The van der Waals surface area contributed by atoms with Crippen LogP contribution in [-0.4, -0.2) is 31.6 Å². The molecule has 0 bridgehead atoms. The minimum Gasteiger partial charge on any atom is -0.310 e. The molecule has 0 spiro atoms. The van der Waals surface area contributed by atoms with Crippen molar-refractivity contribution in [3.05, 3.63) is 35.4 Å². The van der Waals surface area contributed by atoms with Crippen molar-refractivity contribution < 1.29 is 0 Å². The van der Waals surface area contributed by atoms with Crippen LogP contribution in [0.2, 0.25) is 0 Å². The number of nitrogens with zero attached hydrogens (tertiary/aromatic N) is 1. The minimum atomic E-state index is 0.456. The summed E-state index contributed by atoms with van der Waals surface area (Å²) in [5.74, 6) is 0.816. The molecule has 2 rings (SSSR count). The van der Waals surface area contributed by atoms with Gasteiger partial charge in [0.15, 0.2) is 0 Å². The summed E-state index contributed by atoms with van der Waals surface area (Å²) in [4.78, 5) is 2.45. The lowest BCUT2D eigenvalue weighted by Gasteiger charge is -2.30. The third-order valence-corrected chi connectivity index (χ3v) is 3.98. The third kappa shape index (κ3) is 3.82. The zero-order valence-corrected chi connectivity index (χ0v) is 11.9. The highest BCUT2D eigenvalue weighted by Gasteiger charge is 2.17. The smallest absolute Gasteiger partial charge is 0.0292 e. The van der Waals surface area contributed by atoms with Gasteiger partial charge in [-0.05, 0) is 58.3 Å². The molecule has 2 nitrogen and oxygen atoms in total. The van der Waals surface area contributed by atoms with E-state index < -0.39 is 0 Å². The lowest BCUT2D eigenvalue weighted by molar-refractivity contribution is 0.203. The van der Waals surface area contributed by atoms with Gasteiger partial charge in [0.05, 0.1) is 0 Å². The van der Waals surface area contributed by atoms with E-state index in [1.165, 1.54) is 37.1 Å². The van der Waals surface area contributed by atoms with Gasteiger partial charge in [-0.15, -0.1) is 0 Å². The maximum Gasteiger partial charge on any atom is 0.0292 e. The Morgan fingerprint density at radius 3 is 3.00 bits per heavy atom. The zero-order valence-electron chi connectivity index (χ0n) is 11.9. The van der Waals surface area contributed by atoms with E-state index >= 15 is 0 Å². The lowest BCUT2D eigenvalue weighted by Crippen LogP contribution is -2.37. The molecule has 1 aliphatic rings. The van der Waals surface area contributed by atoms with Crippen molar-refractivity contribution in [2.45, 2.75) is 32.7 Å². The number of benzene rings is 1. The molecule has 0 amide bonds. The van der Waals surface area contributed by atoms with Gasteiger partial charge in [0.2, 0.25) is 0 Å². The van der Waals surface area contributed by atoms with Crippen molar-refractivity contribution in [3.8, 4) is 0 Å². The number of rotatable bonds is 4. The Morgan fingerprint density at radius 2 is 2.28 bits per heavy atom. The highest BCUT2D eigenvalue weighted by molar-refractivity contribution is 5.24. The first kappa shape index (κ1) is 13.6. The highest BCUT2D eigenvalue weighted by atomic mass is 15.1. The van der Waals surface area contributed by atoms with Crippen LogP contribution in [0, 0.1) is 12.8 Å². The van der Waals surface area contributed by atoms with Gasteiger partial charge in [-0.1, -0.05) is 29.8 Å². The number of hydrogen-bond acceptors (Lipinski definition) is 2. The van der Waals surface area contributed by atoms with E-state index in [9.17, 15) is 0 Å². The standard InChI is InChI=1S/C16H26N2/c1-13-6-4-8-16(10-13)14(2)17-11-15-7-5-9-18(3)12-15/h4,6,8,10,14-15,17H,5,7,9,11-12H2,1-3H3. The van der Waals surface area contributed by atoms with Crippen LogP contribution in [0.3, 0.4) is 0 Å². The monoisotopic (exact) mass is 246 g/mol. The first-order chi connectivity index (χ1) is 8.65. The number of likely N-dealkylation sites (tertiary alicyclic amines) is 1. The molecule has 2 heteroatoms. The molecule has 2 atom stereocenters. The Hall–Kier alpha value is -0.860. The van der Waals surface area contributed by atoms with Crippen LogP contribution in [-0.2, 0) is 0 Å². The number of nitrogens with one attached hydrogen (secondary N) is 1. The molecule has 0 aliphatic carbocycles. The van der Waals surface area contributed by atoms with Crippen LogP contribution in [0.4, 0.5) is 0 Å². The summed E-state index contributed by atoms with van der Waals surface area (Å²) in [5, 5.41) is 3.69. The molecule has 0 aromatic heterocycles. The quantitative estimate of drug-likeness (QED) is 0.878. The van der Waals surface area contributed by atoms with Crippen LogP contribution in [0.25, 0.3) is 0 Å². The van der Waals surface area contributed by atoms with E-state index in [1.807, 2.05) is 0 Å². The minimum absolute atomic E-state index is 0.456. The summed E-state index contributed by atoms with van der Waals surface area (Å²) in [6.45, 7) is 8.07. The van der Waals surface area contributed by atoms with E-state index in [2.05, 4.69) is 55.4 Å².